The van der Waals surface area contributed by atoms with E-state index in [-0.39, 0.29) is 23.6 Å². The minimum atomic E-state index is -0.216. The summed E-state index contributed by atoms with van der Waals surface area (Å²) in [5, 5.41) is 16.2. The maximum atomic E-state index is 12.6. The second kappa shape index (κ2) is 7.85. The maximum absolute atomic E-state index is 12.6. The van der Waals surface area contributed by atoms with Gasteiger partial charge in [-0.2, -0.15) is 15.0 Å². The van der Waals surface area contributed by atoms with Crippen LogP contribution in [0.5, 0.6) is 0 Å². The Kier molecular flexibility index (Phi) is 4.90. The Hall–Kier alpha value is -3.29. The van der Waals surface area contributed by atoms with E-state index in [9.17, 15) is 9.59 Å². The van der Waals surface area contributed by atoms with Crippen LogP contribution >= 0.6 is 0 Å². The van der Waals surface area contributed by atoms with Crippen LogP contribution in [0.1, 0.15) is 66.7 Å². The highest BCUT2D eigenvalue weighted by atomic mass is 16.2. The van der Waals surface area contributed by atoms with Crippen molar-refractivity contribution >= 4 is 5.91 Å². The summed E-state index contributed by atoms with van der Waals surface area (Å²) < 4.78 is 1.66. The quantitative estimate of drug-likeness (QED) is 0.705. The van der Waals surface area contributed by atoms with Crippen LogP contribution in [0.2, 0.25) is 0 Å². The van der Waals surface area contributed by atoms with E-state index in [2.05, 4.69) is 20.6 Å². The highest BCUT2D eigenvalue weighted by molar-refractivity contribution is 5.92. The lowest BCUT2D eigenvalue weighted by Gasteiger charge is -2.29. The van der Waals surface area contributed by atoms with Gasteiger partial charge < -0.3 is 5.32 Å². The van der Waals surface area contributed by atoms with Gasteiger partial charge in [-0.05, 0) is 56.7 Å². The number of carbonyl (C=O) groups is 1. The van der Waals surface area contributed by atoms with Crippen LogP contribution in [0.3, 0.4) is 0 Å². The molecular formula is C22H24N6O2. The van der Waals surface area contributed by atoms with Crippen molar-refractivity contribution in [2.75, 3.05) is 0 Å². The lowest BCUT2D eigenvalue weighted by Crippen LogP contribution is -2.39. The average Bonchev–Trinajstić information content (AvgIpc) is 3.51. The summed E-state index contributed by atoms with van der Waals surface area (Å²) in [4.78, 5) is 26.3. The zero-order valence-corrected chi connectivity index (χ0v) is 16.6. The highest BCUT2D eigenvalue weighted by Crippen LogP contribution is 2.38. The molecule has 0 bridgehead atoms. The second-order valence-electron chi connectivity index (χ2n) is 8.15. The monoisotopic (exact) mass is 404 g/mol. The number of carbonyl (C=O) groups excluding carboxylic acids is 1. The molecule has 1 N–H and O–H groups in total. The van der Waals surface area contributed by atoms with Gasteiger partial charge in [0.05, 0.1) is 23.6 Å². The number of hydrogen-bond donors (Lipinski definition) is 1. The molecule has 8 nitrogen and oxygen atoms in total. The molecule has 2 aliphatic rings. The summed E-state index contributed by atoms with van der Waals surface area (Å²) in [5.41, 5.74) is 2.11. The molecule has 2 aliphatic carbocycles. The van der Waals surface area contributed by atoms with Crippen molar-refractivity contribution in [3.8, 4) is 5.69 Å². The van der Waals surface area contributed by atoms with Gasteiger partial charge in [0, 0.05) is 18.0 Å². The number of nitrogens with zero attached hydrogens (tertiary/aromatic N) is 5. The van der Waals surface area contributed by atoms with Crippen molar-refractivity contribution in [2.24, 2.45) is 0 Å². The minimum Gasteiger partial charge on any atom is -0.348 e. The van der Waals surface area contributed by atoms with Gasteiger partial charge in [-0.15, -0.1) is 5.10 Å². The molecule has 0 saturated heterocycles. The Morgan fingerprint density at radius 2 is 1.70 bits per heavy atom. The molecule has 2 heterocycles. The van der Waals surface area contributed by atoms with Gasteiger partial charge in [0.15, 0.2) is 5.69 Å². The molecule has 0 unspecified atom stereocenters. The van der Waals surface area contributed by atoms with E-state index in [1.165, 1.54) is 23.8 Å². The molecule has 2 fully saturated rings. The molecule has 2 aromatic heterocycles. The van der Waals surface area contributed by atoms with E-state index in [1.807, 2.05) is 36.4 Å². The average molecular weight is 404 g/mol. The Morgan fingerprint density at radius 1 is 0.933 bits per heavy atom. The molecule has 30 heavy (non-hydrogen) atoms. The van der Waals surface area contributed by atoms with E-state index in [0.717, 1.165) is 37.1 Å². The Balaban J connectivity index is 1.20. The first-order valence-electron chi connectivity index (χ1n) is 10.6. The van der Waals surface area contributed by atoms with Crippen LogP contribution in [0.4, 0.5) is 0 Å². The van der Waals surface area contributed by atoms with E-state index >= 15 is 0 Å². The largest absolute Gasteiger partial charge is 0.348 e. The van der Waals surface area contributed by atoms with E-state index < -0.39 is 0 Å². The number of hydrogen-bond acceptors (Lipinski definition) is 5. The standard InChI is InChI=1S/C22H24N6O2/c29-21-13-12-19(15-6-7-15)25-27(21)17-10-8-16(9-11-17)24-22(30)20-14-23-28(26-20)18-4-2-1-3-5-18/h1-5,12-17H,6-11H2,(H,24,30). The molecule has 0 spiro atoms. The van der Waals surface area contributed by atoms with Gasteiger partial charge >= 0.3 is 0 Å². The third-order valence-electron chi connectivity index (χ3n) is 5.93. The molecule has 1 aromatic carbocycles. The van der Waals surface area contributed by atoms with E-state index in [0.29, 0.717) is 11.6 Å². The number of para-hydroxylation sites is 1. The molecule has 2 saturated carbocycles. The topological polar surface area (TPSA) is 94.7 Å². The Bertz CT molecular complexity index is 1090. The first-order chi connectivity index (χ1) is 14.7. The van der Waals surface area contributed by atoms with E-state index in [4.69, 9.17) is 0 Å². The Labute approximate surface area is 173 Å². The number of nitrogens with one attached hydrogen (secondary N) is 1. The van der Waals surface area contributed by atoms with Crippen LogP contribution < -0.4 is 10.9 Å². The second-order valence-corrected chi connectivity index (χ2v) is 8.15. The summed E-state index contributed by atoms with van der Waals surface area (Å²) in [5.74, 6) is 0.309. The van der Waals surface area contributed by atoms with Crippen LogP contribution in [0.25, 0.3) is 5.69 Å². The van der Waals surface area contributed by atoms with Crippen LogP contribution in [-0.4, -0.2) is 36.7 Å². The van der Waals surface area contributed by atoms with Crippen LogP contribution in [0, 0.1) is 0 Å². The van der Waals surface area contributed by atoms with Crippen LogP contribution in [-0.2, 0) is 0 Å². The van der Waals surface area contributed by atoms with Crippen molar-refractivity contribution in [2.45, 2.75) is 56.5 Å². The third kappa shape index (κ3) is 3.90. The number of amides is 1. The maximum Gasteiger partial charge on any atom is 0.273 e. The van der Waals surface area contributed by atoms with Crippen LogP contribution in [0.15, 0.2) is 53.5 Å². The zero-order valence-electron chi connectivity index (χ0n) is 16.6. The van der Waals surface area contributed by atoms with Gasteiger partial charge in [0.2, 0.25) is 0 Å². The number of rotatable bonds is 5. The summed E-state index contributed by atoms with van der Waals surface area (Å²) in [6.07, 6.45) is 7.08. The minimum absolute atomic E-state index is 0.0376. The number of aromatic nitrogens is 5. The van der Waals surface area contributed by atoms with E-state index in [1.54, 1.807) is 10.7 Å². The normalized spacial score (nSPS) is 21.3. The van der Waals surface area contributed by atoms with Gasteiger partial charge in [0.25, 0.3) is 11.5 Å². The highest BCUT2D eigenvalue weighted by Gasteiger charge is 2.29. The molecule has 5 rings (SSSR count). The van der Waals surface area contributed by atoms with Crippen molar-refractivity contribution < 1.29 is 4.79 Å². The summed E-state index contributed by atoms with van der Waals surface area (Å²) in [6.45, 7) is 0. The number of benzene rings is 1. The molecule has 8 heteroatoms. The first kappa shape index (κ1) is 18.7. The molecule has 0 atom stereocenters. The van der Waals surface area contributed by atoms with Crippen molar-refractivity contribution in [3.05, 3.63) is 70.4 Å². The predicted octanol–water partition coefficient (Wildman–Crippen LogP) is 2.62. The predicted molar refractivity (Wildman–Crippen MR) is 111 cm³/mol. The van der Waals surface area contributed by atoms with Gasteiger partial charge in [-0.3, -0.25) is 9.59 Å². The smallest absolute Gasteiger partial charge is 0.273 e. The molecule has 3 aromatic rings. The zero-order chi connectivity index (χ0) is 20.5. The van der Waals surface area contributed by atoms with Gasteiger partial charge in [0.1, 0.15) is 0 Å². The van der Waals surface area contributed by atoms with Crippen molar-refractivity contribution in [1.29, 1.82) is 0 Å². The molecule has 0 aliphatic heterocycles. The molecule has 1 amide bonds. The molecular weight excluding hydrogens is 380 g/mol. The van der Waals surface area contributed by atoms with Crippen molar-refractivity contribution in [1.82, 2.24) is 30.1 Å². The van der Waals surface area contributed by atoms with Gasteiger partial charge in [-0.1, -0.05) is 18.2 Å². The lowest BCUT2D eigenvalue weighted by molar-refractivity contribution is 0.0915. The van der Waals surface area contributed by atoms with Gasteiger partial charge in [-0.25, -0.2) is 4.68 Å². The summed E-state index contributed by atoms with van der Waals surface area (Å²) in [6, 6.07) is 13.2. The first-order valence-corrected chi connectivity index (χ1v) is 10.6. The lowest BCUT2D eigenvalue weighted by atomic mass is 9.91. The fourth-order valence-corrected chi connectivity index (χ4v) is 4.08. The summed E-state index contributed by atoms with van der Waals surface area (Å²) >= 11 is 0. The third-order valence-corrected chi connectivity index (χ3v) is 5.93. The fourth-order valence-electron chi connectivity index (χ4n) is 4.08. The molecule has 0 radical (unpaired) electrons. The SMILES string of the molecule is O=C(NC1CCC(n2nc(C3CC3)ccc2=O)CC1)c1cnn(-c2ccccc2)n1. The molecule has 154 valence electrons. The van der Waals surface area contributed by atoms with Crippen molar-refractivity contribution in [3.63, 3.8) is 0 Å². The summed E-state index contributed by atoms with van der Waals surface area (Å²) in [7, 11) is 0. The fraction of sp³-hybridized carbons (Fsp3) is 0.409. The Morgan fingerprint density at radius 3 is 2.43 bits per heavy atom.